The van der Waals surface area contributed by atoms with Crippen molar-refractivity contribution in [2.75, 3.05) is 6.54 Å². The molecule has 0 aliphatic heterocycles. The summed E-state index contributed by atoms with van der Waals surface area (Å²) in [7, 11) is 0. The average molecular weight is 466 g/mol. The van der Waals surface area contributed by atoms with Gasteiger partial charge < -0.3 is 5.32 Å². The number of hydrogen-bond acceptors (Lipinski definition) is 7. The molecule has 0 saturated carbocycles. The van der Waals surface area contributed by atoms with Crippen LogP contribution in [0, 0.1) is 13.8 Å². The van der Waals surface area contributed by atoms with Crippen LogP contribution in [0.2, 0.25) is 0 Å². The van der Waals surface area contributed by atoms with E-state index in [0.717, 1.165) is 20.9 Å². The van der Waals surface area contributed by atoms with Gasteiger partial charge in [-0.05, 0) is 50.4 Å². The highest BCUT2D eigenvalue weighted by molar-refractivity contribution is 7.13. The Labute approximate surface area is 193 Å². The van der Waals surface area contributed by atoms with Gasteiger partial charge in [-0.3, -0.25) is 14.4 Å². The zero-order chi connectivity index (χ0) is 23.5. The number of aryl methyl sites for hydroxylation is 2. The van der Waals surface area contributed by atoms with Crippen LogP contribution in [0.1, 0.15) is 24.4 Å². The summed E-state index contributed by atoms with van der Waals surface area (Å²) in [6.45, 7) is 5.72. The standard InChI is InChI=1S/C22H23N7O3S/c1-14-13-15(2)28(24-14)19-7-9-21(31)29(26-19)16(3)22(32)23-10-11-27-20(30)8-6-17(25-27)18-5-4-12-33-18/h4-9,12-13,16H,10-11H2,1-3H3,(H,23,32). The van der Waals surface area contributed by atoms with E-state index in [1.807, 2.05) is 37.4 Å². The van der Waals surface area contributed by atoms with Gasteiger partial charge in [0.15, 0.2) is 5.82 Å². The van der Waals surface area contributed by atoms with Crippen molar-refractivity contribution < 1.29 is 4.79 Å². The minimum atomic E-state index is -0.850. The number of carbonyl (C=O) groups excluding carboxylic acids is 1. The van der Waals surface area contributed by atoms with Crippen LogP contribution < -0.4 is 16.4 Å². The minimum absolute atomic E-state index is 0.176. The normalized spacial score (nSPS) is 12.0. The third kappa shape index (κ3) is 4.82. The van der Waals surface area contributed by atoms with E-state index in [1.165, 1.54) is 28.2 Å². The zero-order valence-corrected chi connectivity index (χ0v) is 19.2. The molecule has 0 aliphatic rings. The number of thiophene rings is 1. The van der Waals surface area contributed by atoms with Crippen molar-refractivity contribution in [2.45, 2.75) is 33.4 Å². The Balaban J connectivity index is 1.45. The number of rotatable bonds is 7. The summed E-state index contributed by atoms with van der Waals surface area (Å²) in [5.74, 6) is 0.0542. The van der Waals surface area contributed by atoms with Crippen molar-refractivity contribution >= 4 is 17.2 Å². The van der Waals surface area contributed by atoms with Gasteiger partial charge in [0.1, 0.15) is 11.7 Å². The molecule has 0 aliphatic carbocycles. The van der Waals surface area contributed by atoms with Crippen LogP contribution in [0.5, 0.6) is 0 Å². The van der Waals surface area contributed by atoms with E-state index in [1.54, 1.807) is 23.7 Å². The van der Waals surface area contributed by atoms with E-state index >= 15 is 0 Å². The van der Waals surface area contributed by atoms with E-state index in [9.17, 15) is 14.4 Å². The second-order valence-corrected chi connectivity index (χ2v) is 8.49. The molecule has 4 heterocycles. The minimum Gasteiger partial charge on any atom is -0.352 e. The third-order valence-electron chi connectivity index (χ3n) is 5.05. The first-order valence-electron chi connectivity index (χ1n) is 10.4. The second-order valence-electron chi connectivity index (χ2n) is 7.54. The lowest BCUT2D eigenvalue weighted by atomic mass is 10.3. The maximum atomic E-state index is 12.7. The van der Waals surface area contributed by atoms with E-state index in [-0.39, 0.29) is 18.6 Å². The molecule has 0 bridgehead atoms. The summed E-state index contributed by atoms with van der Waals surface area (Å²) in [6.07, 6.45) is 0. The van der Waals surface area contributed by atoms with Crippen LogP contribution in [-0.2, 0) is 11.3 Å². The first kappa shape index (κ1) is 22.3. The first-order chi connectivity index (χ1) is 15.8. The fraction of sp³-hybridized carbons (Fsp3) is 0.273. The van der Waals surface area contributed by atoms with Crippen molar-refractivity contribution in [1.82, 2.24) is 34.7 Å². The number of hydrogen-bond donors (Lipinski definition) is 1. The van der Waals surface area contributed by atoms with E-state index in [2.05, 4.69) is 20.6 Å². The van der Waals surface area contributed by atoms with E-state index < -0.39 is 17.5 Å². The molecule has 4 aromatic heterocycles. The number of nitrogens with one attached hydrogen (secondary N) is 1. The Hall–Kier alpha value is -3.86. The monoisotopic (exact) mass is 465 g/mol. The summed E-state index contributed by atoms with van der Waals surface area (Å²) in [5, 5.41) is 17.8. The van der Waals surface area contributed by atoms with Crippen molar-refractivity contribution in [3.05, 3.63) is 79.9 Å². The molecule has 4 aromatic rings. The van der Waals surface area contributed by atoms with Crippen molar-refractivity contribution in [3.8, 4) is 16.4 Å². The van der Waals surface area contributed by atoms with Gasteiger partial charge in [0.25, 0.3) is 11.1 Å². The highest BCUT2D eigenvalue weighted by Gasteiger charge is 2.18. The van der Waals surface area contributed by atoms with Gasteiger partial charge >= 0.3 is 0 Å². The van der Waals surface area contributed by atoms with Crippen LogP contribution in [-0.4, -0.2) is 41.8 Å². The quantitative estimate of drug-likeness (QED) is 0.444. The Kier molecular flexibility index (Phi) is 6.31. The van der Waals surface area contributed by atoms with Crippen LogP contribution in [0.3, 0.4) is 0 Å². The molecule has 0 saturated heterocycles. The zero-order valence-electron chi connectivity index (χ0n) is 18.4. The number of carbonyl (C=O) groups is 1. The first-order valence-corrected chi connectivity index (χ1v) is 11.2. The molecule has 10 nitrogen and oxygen atoms in total. The third-order valence-corrected chi connectivity index (χ3v) is 5.94. The molecule has 0 spiro atoms. The van der Waals surface area contributed by atoms with Crippen molar-refractivity contribution in [2.24, 2.45) is 0 Å². The molecule has 1 N–H and O–H groups in total. The van der Waals surface area contributed by atoms with Crippen LogP contribution in [0.25, 0.3) is 16.4 Å². The summed E-state index contributed by atoms with van der Waals surface area (Å²) in [4.78, 5) is 38.2. The van der Waals surface area contributed by atoms with Crippen LogP contribution in [0.15, 0.2) is 57.4 Å². The number of amides is 1. The van der Waals surface area contributed by atoms with Gasteiger partial charge in [0.2, 0.25) is 5.91 Å². The van der Waals surface area contributed by atoms with Gasteiger partial charge in [-0.25, -0.2) is 14.0 Å². The molecule has 0 aromatic carbocycles. The molecule has 1 unspecified atom stereocenters. The van der Waals surface area contributed by atoms with Gasteiger partial charge in [-0.15, -0.1) is 16.4 Å². The molecule has 11 heteroatoms. The molecule has 1 amide bonds. The molecule has 0 radical (unpaired) electrons. The maximum Gasteiger partial charge on any atom is 0.267 e. The highest BCUT2D eigenvalue weighted by atomic mass is 32.1. The predicted octanol–water partition coefficient (Wildman–Crippen LogP) is 1.71. The predicted molar refractivity (Wildman–Crippen MR) is 125 cm³/mol. The summed E-state index contributed by atoms with van der Waals surface area (Å²) < 4.78 is 4.06. The average Bonchev–Trinajstić information content (AvgIpc) is 3.44. The van der Waals surface area contributed by atoms with Gasteiger partial charge in [0.05, 0.1) is 17.1 Å². The summed E-state index contributed by atoms with van der Waals surface area (Å²) in [5.41, 5.74) is 1.73. The molecule has 4 rings (SSSR count). The second kappa shape index (κ2) is 9.33. The van der Waals surface area contributed by atoms with Crippen molar-refractivity contribution in [3.63, 3.8) is 0 Å². The number of nitrogens with zero attached hydrogens (tertiary/aromatic N) is 6. The van der Waals surface area contributed by atoms with E-state index in [4.69, 9.17) is 0 Å². The van der Waals surface area contributed by atoms with Crippen LogP contribution in [0.4, 0.5) is 0 Å². The fourth-order valence-electron chi connectivity index (χ4n) is 3.38. The topological polar surface area (TPSA) is 117 Å². The molecule has 0 fully saturated rings. The van der Waals surface area contributed by atoms with Gasteiger partial charge in [-0.1, -0.05) is 6.07 Å². The van der Waals surface area contributed by atoms with Gasteiger partial charge in [0, 0.05) is 24.4 Å². The largest absolute Gasteiger partial charge is 0.352 e. The molecular formula is C22H23N7O3S. The lowest BCUT2D eigenvalue weighted by molar-refractivity contribution is -0.124. The summed E-state index contributed by atoms with van der Waals surface area (Å²) >= 11 is 1.53. The number of aromatic nitrogens is 6. The smallest absolute Gasteiger partial charge is 0.267 e. The van der Waals surface area contributed by atoms with Crippen LogP contribution >= 0.6 is 11.3 Å². The molecule has 1 atom stereocenters. The molecule has 170 valence electrons. The van der Waals surface area contributed by atoms with E-state index in [0.29, 0.717) is 11.5 Å². The molecule has 33 heavy (non-hydrogen) atoms. The lowest BCUT2D eigenvalue weighted by Crippen LogP contribution is -2.39. The SMILES string of the molecule is Cc1cc(C)n(-c2ccc(=O)n(C(C)C(=O)NCCn3nc(-c4cccs4)ccc3=O)n2)n1. The molecular weight excluding hydrogens is 442 g/mol. The van der Waals surface area contributed by atoms with Crippen molar-refractivity contribution in [1.29, 1.82) is 0 Å². The Morgan fingerprint density at radius 3 is 2.55 bits per heavy atom. The maximum absolute atomic E-state index is 12.7. The Morgan fingerprint density at radius 2 is 1.85 bits per heavy atom. The summed E-state index contributed by atoms with van der Waals surface area (Å²) in [6, 6.07) is 11.0. The Bertz CT molecular complexity index is 1400. The Morgan fingerprint density at radius 1 is 1.06 bits per heavy atom. The highest BCUT2D eigenvalue weighted by Crippen LogP contribution is 2.21. The van der Waals surface area contributed by atoms with Gasteiger partial charge in [-0.2, -0.15) is 10.2 Å². The lowest BCUT2D eigenvalue weighted by Gasteiger charge is -2.15. The fourth-order valence-corrected chi connectivity index (χ4v) is 4.07.